The first-order valence-electron chi connectivity index (χ1n) is 10.5. The zero-order valence-electron chi connectivity index (χ0n) is 16.7. The molecule has 6 nitrogen and oxygen atoms in total. The standard InChI is InChI=1S/C22H30N4O2/c1-17-15-24-21(20-3-2-9-23-16-20)26(17)12-6-18-4-10-25(11-5-18)22(27)19-7-13-28-14-8-19/h2-3,9,15-16,18-19H,4-8,10-14H2,1H3. The molecule has 2 aliphatic rings. The summed E-state index contributed by atoms with van der Waals surface area (Å²) < 4.78 is 7.69. The maximum Gasteiger partial charge on any atom is 0.225 e. The molecule has 0 radical (unpaired) electrons. The van der Waals surface area contributed by atoms with E-state index in [2.05, 4.69) is 32.4 Å². The predicted octanol–water partition coefficient (Wildman–Crippen LogP) is 3.31. The molecule has 0 N–H and O–H groups in total. The number of carbonyl (C=O) groups is 1. The zero-order chi connectivity index (χ0) is 19.3. The normalized spacial score (nSPS) is 19.1. The van der Waals surface area contributed by atoms with Crippen LogP contribution >= 0.6 is 0 Å². The molecule has 0 bridgehead atoms. The van der Waals surface area contributed by atoms with Gasteiger partial charge < -0.3 is 14.2 Å². The van der Waals surface area contributed by atoms with Crippen LogP contribution in [-0.2, 0) is 16.1 Å². The number of carbonyl (C=O) groups excluding carboxylic acids is 1. The van der Waals surface area contributed by atoms with E-state index in [1.165, 1.54) is 5.69 Å². The van der Waals surface area contributed by atoms with E-state index in [4.69, 9.17) is 4.74 Å². The number of hydrogen-bond donors (Lipinski definition) is 0. The minimum Gasteiger partial charge on any atom is -0.381 e. The van der Waals surface area contributed by atoms with E-state index < -0.39 is 0 Å². The SMILES string of the molecule is Cc1cnc(-c2cccnc2)n1CCC1CCN(C(=O)C2CCOCC2)CC1. The van der Waals surface area contributed by atoms with Crippen molar-refractivity contribution in [2.75, 3.05) is 26.3 Å². The summed E-state index contributed by atoms with van der Waals surface area (Å²) in [6, 6.07) is 4.01. The summed E-state index contributed by atoms with van der Waals surface area (Å²) in [5, 5.41) is 0. The fourth-order valence-electron chi connectivity index (χ4n) is 4.43. The van der Waals surface area contributed by atoms with Gasteiger partial charge in [-0.2, -0.15) is 0 Å². The summed E-state index contributed by atoms with van der Waals surface area (Å²) in [6.45, 7) is 6.35. The van der Waals surface area contributed by atoms with E-state index in [9.17, 15) is 4.79 Å². The van der Waals surface area contributed by atoms with Crippen molar-refractivity contribution in [3.63, 3.8) is 0 Å². The molecule has 2 fully saturated rings. The van der Waals surface area contributed by atoms with Crippen LogP contribution in [0.4, 0.5) is 0 Å². The Hall–Kier alpha value is -2.21. The Labute approximate surface area is 166 Å². The smallest absolute Gasteiger partial charge is 0.225 e. The van der Waals surface area contributed by atoms with Crippen LogP contribution in [0.3, 0.4) is 0 Å². The molecular weight excluding hydrogens is 352 g/mol. The highest BCUT2D eigenvalue weighted by molar-refractivity contribution is 5.79. The van der Waals surface area contributed by atoms with E-state index in [1.54, 1.807) is 6.20 Å². The molecule has 0 aromatic carbocycles. The van der Waals surface area contributed by atoms with Crippen LogP contribution in [0.2, 0.25) is 0 Å². The molecule has 0 aliphatic carbocycles. The molecule has 2 aromatic rings. The number of pyridine rings is 1. The lowest BCUT2D eigenvalue weighted by Gasteiger charge is -2.35. The van der Waals surface area contributed by atoms with Gasteiger partial charge in [-0.3, -0.25) is 9.78 Å². The third kappa shape index (κ3) is 4.27. The molecule has 0 spiro atoms. The number of likely N-dealkylation sites (tertiary alicyclic amines) is 1. The van der Waals surface area contributed by atoms with Gasteiger partial charge in [0.1, 0.15) is 5.82 Å². The fourth-order valence-corrected chi connectivity index (χ4v) is 4.43. The second kappa shape index (κ2) is 8.86. The third-order valence-electron chi connectivity index (χ3n) is 6.23. The minimum atomic E-state index is 0.181. The first kappa shape index (κ1) is 19.1. The highest BCUT2D eigenvalue weighted by Gasteiger charge is 2.29. The van der Waals surface area contributed by atoms with Gasteiger partial charge in [0.25, 0.3) is 0 Å². The monoisotopic (exact) mass is 382 g/mol. The van der Waals surface area contributed by atoms with Gasteiger partial charge in [-0.05, 0) is 57.1 Å². The fraction of sp³-hybridized carbons (Fsp3) is 0.591. The van der Waals surface area contributed by atoms with Crippen molar-refractivity contribution < 1.29 is 9.53 Å². The average molecular weight is 383 g/mol. The first-order valence-corrected chi connectivity index (χ1v) is 10.5. The lowest BCUT2D eigenvalue weighted by molar-refractivity contribution is -0.140. The number of piperidine rings is 1. The van der Waals surface area contributed by atoms with Gasteiger partial charge in [-0.1, -0.05) is 0 Å². The van der Waals surface area contributed by atoms with Crippen molar-refractivity contribution in [2.45, 2.75) is 45.6 Å². The molecule has 2 aromatic heterocycles. The minimum absolute atomic E-state index is 0.181. The van der Waals surface area contributed by atoms with Gasteiger partial charge in [0, 0.05) is 68.6 Å². The van der Waals surface area contributed by atoms with Crippen LogP contribution in [0, 0.1) is 18.8 Å². The Morgan fingerprint density at radius 2 is 1.96 bits per heavy atom. The second-order valence-electron chi connectivity index (χ2n) is 8.06. The second-order valence-corrected chi connectivity index (χ2v) is 8.06. The molecule has 150 valence electrons. The maximum atomic E-state index is 12.7. The molecule has 0 saturated carbocycles. The Morgan fingerprint density at radius 3 is 2.68 bits per heavy atom. The lowest BCUT2D eigenvalue weighted by atomic mass is 9.91. The molecule has 1 amide bonds. The van der Waals surface area contributed by atoms with E-state index in [-0.39, 0.29) is 5.92 Å². The largest absolute Gasteiger partial charge is 0.381 e. The number of aromatic nitrogens is 3. The average Bonchev–Trinajstić information content (AvgIpc) is 3.13. The molecule has 4 rings (SSSR count). The topological polar surface area (TPSA) is 60.2 Å². The van der Waals surface area contributed by atoms with Crippen molar-refractivity contribution in [3.05, 3.63) is 36.4 Å². The third-order valence-corrected chi connectivity index (χ3v) is 6.23. The summed E-state index contributed by atoms with van der Waals surface area (Å²) in [5.41, 5.74) is 2.25. The molecular formula is C22H30N4O2. The van der Waals surface area contributed by atoms with Crippen LogP contribution in [0.5, 0.6) is 0 Å². The molecule has 4 heterocycles. The Morgan fingerprint density at radius 1 is 1.18 bits per heavy atom. The quantitative estimate of drug-likeness (QED) is 0.796. The van der Waals surface area contributed by atoms with Crippen LogP contribution in [0.1, 0.15) is 37.8 Å². The number of imidazole rings is 1. The zero-order valence-corrected chi connectivity index (χ0v) is 16.7. The van der Waals surface area contributed by atoms with Gasteiger partial charge in [0.2, 0.25) is 5.91 Å². The predicted molar refractivity (Wildman–Crippen MR) is 108 cm³/mol. The number of hydrogen-bond acceptors (Lipinski definition) is 4. The van der Waals surface area contributed by atoms with Gasteiger partial charge in [-0.25, -0.2) is 4.98 Å². The number of amides is 1. The highest BCUT2D eigenvalue weighted by atomic mass is 16.5. The molecule has 0 unspecified atom stereocenters. The summed E-state index contributed by atoms with van der Waals surface area (Å²) >= 11 is 0. The van der Waals surface area contributed by atoms with E-state index in [0.29, 0.717) is 11.8 Å². The molecule has 28 heavy (non-hydrogen) atoms. The van der Waals surface area contributed by atoms with E-state index in [1.807, 2.05) is 18.5 Å². The lowest BCUT2D eigenvalue weighted by Crippen LogP contribution is -2.43. The molecule has 2 saturated heterocycles. The number of ether oxygens (including phenoxy) is 1. The van der Waals surface area contributed by atoms with Gasteiger partial charge >= 0.3 is 0 Å². The number of rotatable bonds is 5. The highest BCUT2D eigenvalue weighted by Crippen LogP contribution is 2.26. The maximum absolute atomic E-state index is 12.7. The van der Waals surface area contributed by atoms with Crippen molar-refractivity contribution >= 4 is 5.91 Å². The van der Waals surface area contributed by atoms with Crippen LogP contribution in [0.15, 0.2) is 30.7 Å². The van der Waals surface area contributed by atoms with E-state index in [0.717, 1.165) is 76.3 Å². The van der Waals surface area contributed by atoms with Crippen LogP contribution in [-0.4, -0.2) is 51.6 Å². The number of aryl methyl sites for hydroxylation is 1. The Balaban J connectivity index is 1.30. The molecule has 6 heteroatoms. The molecule has 2 aliphatic heterocycles. The van der Waals surface area contributed by atoms with Crippen molar-refractivity contribution in [1.29, 1.82) is 0 Å². The molecule has 0 atom stereocenters. The van der Waals surface area contributed by atoms with Gasteiger partial charge in [-0.15, -0.1) is 0 Å². The van der Waals surface area contributed by atoms with Crippen molar-refractivity contribution in [1.82, 2.24) is 19.4 Å². The van der Waals surface area contributed by atoms with Crippen LogP contribution < -0.4 is 0 Å². The van der Waals surface area contributed by atoms with E-state index >= 15 is 0 Å². The van der Waals surface area contributed by atoms with Crippen molar-refractivity contribution in [2.24, 2.45) is 11.8 Å². The Kier molecular flexibility index (Phi) is 6.05. The van der Waals surface area contributed by atoms with Crippen LogP contribution in [0.25, 0.3) is 11.4 Å². The summed E-state index contributed by atoms with van der Waals surface area (Å²) in [4.78, 5) is 23.6. The van der Waals surface area contributed by atoms with Gasteiger partial charge in [0.05, 0.1) is 0 Å². The van der Waals surface area contributed by atoms with Gasteiger partial charge in [0.15, 0.2) is 0 Å². The first-order chi connectivity index (χ1) is 13.7. The summed E-state index contributed by atoms with van der Waals surface area (Å²) in [7, 11) is 0. The number of nitrogens with zero attached hydrogens (tertiary/aromatic N) is 4. The summed E-state index contributed by atoms with van der Waals surface area (Å²) in [6.07, 6.45) is 10.7. The summed E-state index contributed by atoms with van der Waals surface area (Å²) in [5.74, 6) is 2.20. The Bertz CT molecular complexity index is 775. The van der Waals surface area contributed by atoms with Crippen molar-refractivity contribution in [3.8, 4) is 11.4 Å².